The molecule has 1 atom stereocenters. The van der Waals surface area contributed by atoms with Gasteiger partial charge in [0.25, 0.3) is 5.92 Å². The summed E-state index contributed by atoms with van der Waals surface area (Å²) in [6.45, 7) is 9.07. The molecule has 1 rings (SSSR count). The summed E-state index contributed by atoms with van der Waals surface area (Å²) in [6.07, 6.45) is 1.00. The molecule has 3 heteroatoms. The Bertz CT molecular complexity index is 196. The van der Waals surface area contributed by atoms with Crippen LogP contribution < -0.4 is 0 Å². The maximum atomic E-state index is 13.0. The summed E-state index contributed by atoms with van der Waals surface area (Å²) in [6, 6.07) is 0.0346. The van der Waals surface area contributed by atoms with Gasteiger partial charge in [-0.05, 0) is 25.3 Å². The van der Waals surface area contributed by atoms with Gasteiger partial charge in [-0.2, -0.15) is 0 Å². The standard InChI is InChI=1S/C11H21F2N/c1-9-7-11(12,13)8-14(9)6-5-10(2,3)4/h9H,5-8H2,1-4H3. The Hall–Kier alpha value is -0.180. The molecule has 1 fully saturated rings. The van der Waals surface area contributed by atoms with E-state index in [0.29, 0.717) is 0 Å². The molecule has 1 unspecified atom stereocenters. The maximum Gasteiger partial charge on any atom is 0.262 e. The molecule has 0 aromatic heterocycles. The molecule has 0 aliphatic carbocycles. The number of halogens is 2. The van der Waals surface area contributed by atoms with Gasteiger partial charge in [-0.15, -0.1) is 0 Å². The second kappa shape index (κ2) is 3.76. The van der Waals surface area contributed by atoms with Gasteiger partial charge < -0.3 is 0 Å². The predicted octanol–water partition coefficient (Wildman–Crippen LogP) is 3.15. The number of rotatable bonds is 2. The van der Waals surface area contributed by atoms with E-state index in [9.17, 15) is 8.78 Å². The molecular weight excluding hydrogens is 184 g/mol. The molecule has 1 aliphatic rings. The van der Waals surface area contributed by atoms with Crippen molar-refractivity contribution in [3.63, 3.8) is 0 Å². The summed E-state index contributed by atoms with van der Waals surface area (Å²) >= 11 is 0. The van der Waals surface area contributed by atoms with Crippen molar-refractivity contribution in [1.82, 2.24) is 4.90 Å². The molecule has 1 heterocycles. The van der Waals surface area contributed by atoms with Crippen LogP contribution in [-0.4, -0.2) is 30.0 Å². The van der Waals surface area contributed by atoms with Crippen LogP contribution in [-0.2, 0) is 0 Å². The summed E-state index contributed by atoms with van der Waals surface area (Å²) in [7, 11) is 0. The average molecular weight is 205 g/mol. The molecule has 0 aromatic carbocycles. The highest BCUT2D eigenvalue weighted by Crippen LogP contribution is 2.32. The zero-order chi connectivity index (χ0) is 11.0. The van der Waals surface area contributed by atoms with E-state index in [2.05, 4.69) is 20.8 Å². The second-order valence-corrected chi connectivity index (χ2v) is 5.69. The van der Waals surface area contributed by atoms with Crippen LogP contribution >= 0.6 is 0 Å². The lowest BCUT2D eigenvalue weighted by molar-refractivity contribution is 0.0112. The van der Waals surface area contributed by atoms with Gasteiger partial charge in [-0.3, -0.25) is 4.90 Å². The van der Waals surface area contributed by atoms with Crippen molar-refractivity contribution >= 4 is 0 Å². The molecule has 84 valence electrons. The maximum absolute atomic E-state index is 13.0. The van der Waals surface area contributed by atoms with E-state index in [0.717, 1.165) is 13.0 Å². The minimum absolute atomic E-state index is 0.0249. The monoisotopic (exact) mass is 205 g/mol. The Morgan fingerprint density at radius 2 is 1.93 bits per heavy atom. The lowest BCUT2D eigenvalue weighted by Crippen LogP contribution is -2.31. The van der Waals surface area contributed by atoms with Crippen molar-refractivity contribution in [1.29, 1.82) is 0 Å². The zero-order valence-corrected chi connectivity index (χ0v) is 9.61. The lowest BCUT2D eigenvalue weighted by atomic mass is 9.92. The molecule has 0 radical (unpaired) electrons. The molecular formula is C11H21F2N. The van der Waals surface area contributed by atoms with Gasteiger partial charge in [-0.25, -0.2) is 8.78 Å². The average Bonchev–Trinajstić information content (AvgIpc) is 2.19. The lowest BCUT2D eigenvalue weighted by Gasteiger charge is -2.25. The summed E-state index contributed by atoms with van der Waals surface area (Å²) in [5.41, 5.74) is 0.234. The highest BCUT2D eigenvalue weighted by atomic mass is 19.3. The second-order valence-electron chi connectivity index (χ2n) is 5.69. The molecule has 0 bridgehead atoms. The molecule has 1 nitrogen and oxygen atoms in total. The third-order valence-corrected chi connectivity index (χ3v) is 2.80. The molecule has 0 spiro atoms. The van der Waals surface area contributed by atoms with Gasteiger partial charge >= 0.3 is 0 Å². The van der Waals surface area contributed by atoms with E-state index in [1.54, 1.807) is 0 Å². The first-order valence-corrected chi connectivity index (χ1v) is 5.31. The van der Waals surface area contributed by atoms with Gasteiger partial charge in [0.15, 0.2) is 0 Å². The van der Waals surface area contributed by atoms with Crippen LogP contribution in [0.3, 0.4) is 0 Å². The van der Waals surface area contributed by atoms with Crippen molar-refractivity contribution in [2.75, 3.05) is 13.1 Å². The Balaban J connectivity index is 2.40. The largest absolute Gasteiger partial charge is 0.295 e. The van der Waals surface area contributed by atoms with Crippen LogP contribution in [0.2, 0.25) is 0 Å². The van der Waals surface area contributed by atoms with E-state index in [4.69, 9.17) is 0 Å². The van der Waals surface area contributed by atoms with E-state index in [-0.39, 0.29) is 24.4 Å². The van der Waals surface area contributed by atoms with Crippen LogP contribution in [0.1, 0.15) is 40.5 Å². The molecule has 0 saturated carbocycles. The predicted molar refractivity (Wildman–Crippen MR) is 54.7 cm³/mol. The van der Waals surface area contributed by atoms with Gasteiger partial charge in [0, 0.05) is 12.5 Å². The quantitative estimate of drug-likeness (QED) is 0.669. The van der Waals surface area contributed by atoms with Gasteiger partial charge in [0.05, 0.1) is 6.54 Å². The number of hydrogen-bond acceptors (Lipinski definition) is 1. The van der Waals surface area contributed by atoms with E-state index in [1.165, 1.54) is 0 Å². The van der Waals surface area contributed by atoms with Crippen LogP contribution in [0, 0.1) is 5.41 Å². The van der Waals surface area contributed by atoms with E-state index in [1.807, 2.05) is 11.8 Å². The molecule has 1 aliphatic heterocycles. The Labute approximate surface area is 85.5 Å². The van der Waals surface area contributed by atoms with Crippen LogP contribution in [0.15, 0.2) is 0 Å². The third kappa shape index (κ3) is 3.52. The SMILES string of the molecule is CC1CC(F)(F)CN1CCC(C)(C)C. The van der Waals surface area contributed by atoms with Gasteiger partial charge in [0.2, 0.25) is 0 Å². The number of alkyl halides is 2. The van der Waals surface area contributed by atoms with Crippen LogP contribution in [0.5, 0.6) is 0 Å². The first kappa shape index (κ1) is 11.9. The third-order valence-electron chi connectivity index (χ3n) is 2.80. The fourth-order valence-electron chi connectivity index (χ4n) is 1.86. The van der Waals surface area contributed by atoms with Crippen molar-refractivity contribution in [3.8, 4) is 0 Å². The van der Waals surface area contributed by atoms with Crippen molar-refractivity contribution in [2.45, 2.75) is 52.5 Å². The number of nitrogens with zero attached hydrogens (tertiary/aromatic N) is 1. The number of hydrogen-bond donors (Lipinski definition) is 0. The zero-order valence-electron chi connectivity index (χ0n) is 9.61. The van der Waals surface area contributed by atoms with Crippen LogP contribution in [0.4, 0.5) is 8.78 Å². The molecule has 1 saturated heterocycles. The summed E-state index contributed by atoms with van der Waals surface area (Å²) in [5.74, 6) is -2.46. The van der Waals surface area contributed by atoms with Crippen LogP contribution in [0.25, 0.3) is 0 Å². The first-order chi connectivity index (χ1) is 6.20. The molecule has 0 aromatic rings. The number of likely N-dealkylation sites (tertiary alicyclic amines) is 1. The van der Waals surface area contributed by atoms with E-state index < -0.39 is 5.92 Å². The highest BCUT2D eigenvalue weighted by molar-refractivity contribution is 4.88. The Morgan fingerprint density at radius 3 is 2.29 bits per heavy atom. The smallest absolute Gasteiger partial charge is 0.262 e. The highest BCUT2D eigenvalue weighted by Gasteiger charge is 2.42. The fraction of sp³-hybridized carbons (Fsp3) is 1.00. The Morgan fingerprint density at radius 1 is 1.36 bits per heavy atom. The molecule has 0 N–H and O–H groups in total. The van der Waals surface area contributed by atoms with Gasteiger partial charge in [0.1, 0.15) is 0 Å². The fourth-order valence-corrected chi connectivity index (χ4v) is 1.86. The molecule has 14 heavy (non-hydrogen) atoms. The normalized spacial score (nSPS) is 28.3. The van der Waals surface area contributed by atoms with Gasteiger partial charge in [-0.1, -0.05) is 20.8 Å². The van der Waals surface area contributed by atoms with E-state index >= 15 is 0 Å². The summed E-state index contributed by atoms with van der Waals surface area (Å²) < 4.78 is 26.0. The van der Waals surface area contributed by atoms with Crippen molar-refractivity contribution < 1.29 is 8.78 Å². The Kier molecular flexibility index (Phi) is 3.20. The topological polar surface area (TPSA) is 3.24 Å². The minimum atomic E-state index is -2.46. The first-order valence-electron chi connectivity index (χ1n) is 5.31. The van der Waals surface area contributed by atoms with Crippen molar-refractivity contribution in [2.24, 2.45) is 5.41 Å². The minimum Gasteiger partial charge on any atom is -0.295 e. The molecule has 0 amide bonds. The van der Waals surface area contributed by atoms with Crippen molar-refractivity contribution in [3.05, 3.63) is 0 Å². The summed E-state index contributed by atoms with van der Waals surface area (Å²) in [5, 5.41) is 0. The summed E-state index contributed by atoms with van der Waals surface area (Å²) in [4.78, 5) is 1.91.